The fourth-order valence-corrected chi connectivity index (χ4v) is 6.64. The van der Waals surface area contributed by atoms with Gasteiger partial charge in [0.2, 0.25) is 0 Å². The van der Waals surface area contributed by atoms with Crippen LogP contribution < -0.4 is 18.9 Å². The van der Waals surface area contributed by atoms with Crippen LogP contribution in [-0.4, -0.2) is 64.8 Å². The van der Waals surface area contributed by atoms with Gasteiger partial charge in [0.05, 0.1) is 51.5 Å². The molecule has 0 unspecified atom stereocenters. The maximum Gasteiger partial charge on any atom is 0.316 e. The Morgan fingerprint density at radius 3 is 1.38 bits per heavy atom. The van der Waals surface area contributed by atoms with Crippen molar-refractivity contribution in [1.82, 2.24) is 0 Å². The molecule has 1 saturated carbocycles. The fourth-order valence-electron chi connectivity index (χ4n) is 6.64. The lowest BCUT2D eigenvalue weighted by Crippen LogP contribution is -2.75. The minimum Gasteiger partial charge on any atom is -0.491 e. The molecule has 0 saturated heterocycles. The van der Waals surface area contributed by atoms with Crippen molar-refractivity contribution in [3.63, 3.8) is 0 Å². The fraction of sp³-hybridized carbons (Fsp3) is 0.500. The SMILES string of the molecule is CC12c3ccc4cc3OC(=O)C1C1(C)c3ccc(cc3OC(=O)C21)OCCOCCOCCOCCO4. The quantitative estimate of drug-likeness (QED) is 0.391. The van der Waals surface area contributed by atoms with Crippen molar-refractivity contribution in [1.29, 1.82) is 0 Å². The Morgan fingerprint density at radius 1 is 0.595 bits per heavy atom. The third-order valence-electron chi connectivity index (χ3n) is 8.09. The van der Waals surface area contributed by atoms with Gasteiger partial charge in [-0.1, -0.05) is 26.0 Å². The molecule has 10 bridgehead atoms. The number of hydrogen-bond acceptors (Lipinski definition) is 9. The van der Waals surface area contributed by atoms with Crippen LogP contribution in [0.15, 0.2) is 36.4 Å². The second-order valence-corrected chi connectivity index (χ2v) is 10.1. The second-order valence-electron chi connectivity index (χ2n) is 10.1. The second kappa shape index (κ2) is 9.31. The van der Waals surface area contributed by atoms with E-state index in [4.69, 9.17) is 33.2 Å². The highest BCUT2D eigenvalue weighted by Crippen LogP contribution is 2.71. The van der Waals surface area contributed by atoms with Crippen molar-refractivity contribution < 1.29 is 42.7 Å². The standard InChI is InChI=1S/C28H30O9/c1-27-19-5-3-17-15-21(19)36-25(29)23(27)28(2)20-6-4-18(16-22(20)37-26(30)24(27)28)35-14-12-33-10-8-31-7-9-32-11-13-34-17/h3-6,15-16,23-24H,7-14H2,1-2H3. The first-order chi connectivity index (χ1) is 17.9. The first kappa shape index (κ1) is 24.2. The third kappa shape index (κ3) is 3.79. The van der Waals surface area contributed by atoms with Crippen LogP contribution >= 0.6 is 0 Å². The molecule has 8 rings (SSSR count). The highest BCUT2D eigenvalue weighted by molar-refractivity contribution is 5.94. The molecule has 0 aromatic heterocycles. The summed E-state index contributed by atoms with van der Waals surface area (Å²) in [5.41, 5.74) is 0.0666. The van der Waals surface area contributed by atoms with Gasteiger partial charge < -0.3 is 33.2 Å². The molecule has 2 aromatic rings. The van der Waals surface area contributed by atoms with Gasteiger partial charge in [-0.3, -0.25) is 9.59 Å². The van der Waals surface area contributed by atoms with E-state index in [2.05, 4.69) is 0 Å². The van der Waals surface area contributed by atoms with Crippen LogP contribution in [0.4, 0.5) is 0 Å². The maximum absolute atomic E-state index is 13.4. The lowest BCUT2D eigenvalue weighted by Gasteiger charge is -2.66. The number of fused-ring (bicyclic) bond motifs is 2. The van der Waals surface area contributed by atoms with Crippen LogP contribution in [0, 0.1) is 11.8 Å². The van der Waals surface area contributed by atoms with E-state index in [1.807, 2.05) is 38.1 Å². The van der Waals surface area contributed by atoms with Crippen LogP contribution in [0.3, 0.4) is 0 Å². The Hall–Kier alpha value is -3.14. The van der Waals surface area contributed by atoms with Crippen LogP contribution in [-0.2, 0) is 34.6 Å². The molecule has 2 aromatic carbocycles. The molecule has 9 nitrogen and oxygen atoms in total. The first-order valence-electron chi connectivity index (χ1n) is 12.7. The summed E-state index contributed by atoms with van der Waals surface area (Å²) in [6, 6.07) is 10.9. The summed E-state index contributed by atoms with van der Waals surface area (Å²) in [5, 5.41) is 0. The minimum atomic E-state index is -0.768. The average Bonchev–Trinajstić information content (AvgIpc) is 2.85. The van der Waals surface area contributed by atoms with Gasteiger partial charge in [-0.2, -0.15) is 0 Å². The molecule has 5 heterocycles. The molecule has 6 aliphatic rings. The van der Waals surface area contributed by atoms with E-state index in [-0.39, 0.29) is 11.9 Å². The summed E-state index contributed by atoms with van der Waals surface area (Å²) in [7, 11) is 0. The van der Waals surface area contributed by atoms with Crippen molar-refractivity contribution in [2.24, 2.45) is 11.8 Å². The lowest BCUT2D eigenvalue weighted by atomic mass is 9.35. The molecule has 0 amide bonds. The zero-order valence-electron chi connectivity index (χ0n) is 20.9. The molecular formula is C28H30O9. The van der Waals surface area contributed by atoms with Crippen molar-refractivity contribution >= 4 is 11.9 Å². The predicted octanol–water partition coefficient (Wildman–Crippen LogP) is 2.81. The molecule has 5 aliphatic heterocycles. The molecule has 0 radical (unpaired) electrons. The summed E-state index contributed by atoms with van der Waals surface area (Å²) in [5.74, 6) is 0.142. The Labute approximate surface area is 214 Å². The average molecular weight is 511 g/mol. The summed E-state index contributed by atoms with van der Waals surface area (Å²) < 4.78 is 39.9. The molecular weight excluding hydrogens is 480 g/mol. The zero-order valence-corrected chi connectivity index (χ0v) is 20.9. The van der Waals surface area contributed by atoms with Gasteiger partial charge in [-0.25, -0.2) is 0 Å². The topological polar surface area (TPSA) is 98.8 Å². The summed E-state index contributed by atoms with van der Waals surface area (Å²) >= 11 is 0. The van der Waals surface area contributed by atoms with Gasteiger partial charge in [0.1, 0.15) is 36.2 Å². The number of ether oxygens (including phenoxy) is 7. The molecule has 0 N–H and O–H groups in total. The van der Waals surface area contributed by atoms with Crippen molar-refractivity contribution in [3.05, 3.63) is 47.5 Å². The zero-order chi connectivity index (χ0) is 25.6. The Kier molecular flexibility index (Phi) is 6.09. The number of rotatable bonds is 0. The van der Waals surface area contributed by atoms with E-state index in [1.165, 1.54) is 0 Å². The number of hydrogen-bond donors (Lipinski definition) is 0. The Bertz CT molecular complexity index is 1120. The smallest absolute Gasteiger partial charge is 0.316 e. The molecule has 196 valence electrons. The number of esters is 2. The largest absolute Gasteiger partial charge is 0.491 e. The van der Waals surface area contributed by atoms with E-state index < -0.39 is 22.7 Å². The number of carbonyl (C=O) groups is 2. The van der Waals surface area contributed by atoms with Gasteiger partial charge in [0, 0.05) is 34.1 Å². The summed E-state index contributed by atoms with van der Waals surface area (Å²) in [6.07, 6.45) is 0. The van der Waals surface area contributed by atoms with E-state index in [9.17, 15) is 9.59 Å². The molecule has 1 fully saturated rings. The van der Waals surface area contributed by atoms with Crippen molar-refractivity contribution in [2.45, 2.75) is 24.7 Å². The van der Waals surface area contributed by atoms with Crippen LogP contribution in [0.2, 0.25) is 0 Å². The third-order valence-corrected chi connectivity index (χ3v) is 8.09. The Balaban J connectivity index is 1.35. The van der Waals surface area contributed by atoms with Gasteiger partial charge in [-0.15, -0.1) is 0 Å². The molecule has 9 heteroatoms. The van der Waals surface area contributed by atoms with Crippen LogP contribution in [0.25, 0.3) is 0 Å². The Morgan fingerprint density at radius 2 is 0.973 bits per heavy atom. The van der Waals surface area contributed by atoms with E-state index in [1.54, 1.807) is 12.1 Å². The highest BCUT2D eigenvalue weighted by Gasteiger charge is 2.77. The van der Waals surface area contributed by atoms with Gasteiger partial charge >= 0.3 is 11.9 Å². The monoisotopic (exact) mass is 510 g/mol. The van der Waals surface area contributed by atoms with Gasteiger partial charge in [0.15, 0.2) is 0 Å². The lowest BCUT2D eigenvalue weighted by molar-refractivity contribution is -0.184. The maximum atomic E-state index is 13.4. The van der Waals surface area contributed by atoms with Crippen molar-refractivity contribution in [2.75, 3.05) is 52.9 Å². The summed E-state index contributed by atoms with van der Waals surface area (Å²) in [6.45, 7) is 7.17. The van der Waals surface area contributed by atoms with Crippen molar-refractivity contribution in [3.8, 4) is 23.0 Å². The first-order valence-corrected chi connectivity index (χ1v) is 12.7. The normalized spacial score (nSPS) is 31.5. The predicted molar refractivity (Wildman–Crippen MR) is 129 cm³/mol. The molecule has 37 heavy (non-hydrogen) atoms. The highest BCUT2D eigenvalue weighted by atomic mass is 16.6. The van der Waals surface area contributed by atoms with Crippen LogP contribution in [0.1, 0.15) is 25.0 Å². The molecule has 0 spiro atoms. The van der Waals surface area contributed by atoms with E-state index >= 15 is 0 Å². The van der Waals surface area contributed by atoms with Gasteiger partial charge in [0.25, 0.3) is 0 Å². The number of benzene rings is 2. The number of carbonyl (C=O) groups excluding carboxylic acids is 2. The van der Waals surface area contributed by atoms with Gasteiger partial charge in [-0.05, 0) is 12.1 Å². The minimum absolute atomic E-state index is 0.335. The van der Waals surface area contributed by atoms with E-state index in [0.29, 0.717) is 75.9 Å². The molecule has 1 aliphatic carbocycles. The van der Waals surface area contributed by atoms with Crippen LogP contribution in [0.5, 0.6) is 23.0 Å². The summed E-state index contributed by atoms with van der Waals surface area (Å²) in [4.78, 5) is 26.9. The van der Waals surface area contributed by atoms with E-state index in [0.717, 1.165) is 11.1 Å². The molecule has 0 atom stereocenters.